The van der Waals surface area contributed by atoms with Crippen molar-refractivity contribution < 1.29 is 0 Å². The van der Waals surface area contributed by atoms with Gasteiger partial charge in [0, 0.05) is 24.2 Å². The first-order chi connectivity index (χ1) is 7.75. The third-order valence-electron chi connectivity index (χ3n) is 2.09. The average Bonchev–Trinajstić information content (AvgIpc) is 2.33. The fourth-order valence-electron chi connectivity index (χ4n) is 1.23. The second kappa shape index (κ2) is 4.53. The quantitative estimate of drug-likeness (QED) is 0.610. The normalized spacial score (nSPS) is 11.4. The number of amidine groups is 1. The molecule has 0 saturated heterocycles. The van der Waals surface area contributed by atoms with Crippen LogP contribution in [-0.4, -0.2) is 15.8 Å². The van der Waals surface area contributed by atoms with Crippen LogP contribution in [0.1, 0.15) is 11.1 Å². The van der Waals surface area contributed by atoms with E-state index in [4.69, 9.17) is 5.73 Å². The smallest absolute Gasteiger partial charge is 0.154 e. The molecule has 0 fully saturated rings. The standard InChI is InChI=1S/C12H12N4/c1-9-4-5-11(15-7-9)16-12(13)10-3-2-6-14-8-10/h2-8H,1H3,(H2,13,15,16). The molecule has 0 aliphatic rings. The predicted octanol–water partition coefficient (Wildman–Crippen LogP) is 1.82. The van der Waals surface area contributed by atoms with Crippen molar-refractivity contribution in [3.8, 4) is 0 Å². The van der Waals surface area contributed by atoms with Gasteiger partial charge in [0.15, 0.2) is 5.82 Å². The molecule has 0 amide bonds. The molecular weight excluding hydrogens is 200 g/mol. The van der Waals surface area contributed by atoms with E-state index in [2.05, 4.69) is 15.0 Å². The Bertz CT molecular complexity index is 488. The van der Waals surface area contributed by atoms with Crippen molar-refractivity contribution in [1.29, 1.82) is 0 Å². The summed E-state index contributed by atoms with van der Waals surface area (Å²) < 4.78 is 0. The molecule has 4 nitrogen and oxygen atoms in total. The van der Waals surface area contributed by atoms with Gasteiger partial charge in [0.2, 0.25) is 0 Å². The Balaban J connectivity index is 2.28. The van der Waals surface area contributed by atoms with E-state index in [1.165, 1.54) is 0 Å². The molecular formula is C12H12N4. The maximum Gasteiger partial charge on any atom is 0.154 e. The lowest BCUT2D eigenvalue weighted by Crippen LogP contribution is -2.12. The molecule has 0 aromatic carbocycles. The molecule has 0 bridgehead atoms. The molecule has 2 N–H and O–H groups in total. The highest BCUT2D eigenvalue weighted by atomic mass is 14.9. The number of aryl methyl sites for hydroxylation is 1. The monoisotopic (exact) mass is 212 g/mol. The van der Waals surface area contributed by atoms with Crippen LogP contribution in [0.25, 0.3) is 0 Å². The van der Waals surface area contributed by atoms with Crippen molar-refractivity contribution in [2.24, 2.45) is 10.7 Å². The van der Waals surface area contributed by atoms with Crippen molar-refractivity contribution in [3.63, 3.8) is 0 Å². The van der Waals surface area contributed by atoms with Crippen LogP contribution in [0.15, 0.2) is 47.8 Å². The van der Waals surface area contributed by atoms with Gasteiger partial charge in [0.05, 0.1) is 0 Å². The van der Waals surface area contributed by atoms with E-state index in [0.717, 1.165) is 11.1 Å². The van der Waals surface area contributed by atoms with Gasteiger partial charge in [-0.25, -0.2) is 9.98 Å². The lowest BCUT2D eigenvalue weighted by Gasteiger charge is -1.99. The summed E-state index contributed by atoms with van der Waals surface area (Å²) in [6, 6.07) is 7.46. The van der Waals surface area contributed by atoms with Gasteiger partial charge in [-0.3, -0.25) is 4.98 Å². The van der Waals surface area contributed by atoms with Crippen molar-refractivity contribution in [2.75, 3.05) is 0 Å². The van der Waals surface area contributed by atoms with Gasteiger partial charge in [-0.15, -0.1) is 0 Å². The summed E-state index contributed by atoms with van der Waals surface area (Å²) in [6.07, 6.45) is 5.13. The molecule has 0 unspecified atom stereocenters. The van der Waals surface area contributed by atoms with E-state index < -0.39 is 0 Å². The highest BCUT2D eigenvalue weighted by molar-refractivity contribution is 5.98. The first-order valence-corrected chi connectivity index (χ1v) is 4.93. The second-order valence-electron chi connectivity index (χ2n) is 3.43. The van der Waals surface area contributed by atoms with E-state index in [-0.39, 0.29) is 0 Å². The second-order valence-corrected chi connectivity index (χ2v) is 3.43. The molecule has 4 heteroatoms. The molecule has 16 heavy (non-hydrogen) atoms. The summed E-state index contributed by atoms with van der Waals surface area (Å²) in [5.74, 6) is 1.02. The number of rotatable bonds is 2. The minimum Gasteiger partial charge on any atom is -0.383 e. The topological polar surface area (TPSA) is 64.2 Å². The fraction of sp³-hybridized carbons (Fsp3) is 0.0833. The van der Waals surface area contributed by atoms with Crippen LogP contribution in [0.4, 0.5) is 5.82 Å². The summed E-state index contributed by atoms with van der Waals surface area (Å²) in [5.41, 5.74) is 7.73. The van der Waals surface area contributed by atoms with Gasteiger partial charge >= 0.3 is 0 Å². The molecule has 2 heterocycles. The van der Waals surface area contributed by atoms with Crippen LogP contribution < -0.4 is 5.73 Å². The lowest BCUT2D eigenvalue weighted by atomic mass is 10.2. The molecule has 2 aromatic rings. The zero-order chi connectivity index (χ0) is 11.4. The average molecular weight is 212 g/mol. The summed E-state index contributed by atoms with van der Waals surface area (Å²) in [6.45, 7) is 1.98. The van der Waals surface area contributed by atoms with Crippen LogP contribution in [0.5, 0.6) is 0 Å². The van der Waals surface area contributed by atoms with Gasteiger partial charge in [-0.1, -0.05) is 6.07 Å². The van der Waals surface area contributed by atoms with E-state index in [1.807, 2.05) is 31.2 Å². The van der Waals surface area contributed by atoms with Crippen LogP contribution in [0.2, 0.25) is 0 Å². The van der Waals surface area contributed by atoms with E-state index in [0.29, 0.717) is 11.7 Å². The summed E-state index contributed by atoms with van der Waals surface area (Å²) in [5, 5.41) is 0. The highest BCUT2D eigenvalue weighted by Crippen LogP contribution is 2.09. The van der Waals surface area contributed by atoms with Gasteiger partial charge in [-0.05, 0) is 30.7 Å². The molecule has 2 aromatic heterocycles. The lowest BCUT2D eigenvalue weighted by molar-refractivity contribution is 1.22. The van der Waals surface area contributed by atoms with E-state index in [1.54, 1.807) is 18.6 Å². The number of aromatic nitrogens is 2. The number of nitrogens with zero attached hydrogens (tertiary/aromatic N) is 3. The molecule has 0 aliphatic heterocycles. The summed E-state index contributed by atoms with van der Waals surface area (Å²) in [7, 11) is 0. The Morgan fingerprint density at radius 3 is 2.75 bits per heavy atom. The van der Waals surface area contributed by atoms with E-state index in [9.17, 15) is 0 Å². The maximum absolute atomic E-state index is 5.84. The van der Waals surface area contributed by atoms with Crippen molar-refractivity contribution in [2.45, 2.75) is 6.92 Å². The molecule has 80 valence electrons. The highest BCUT2D eigenvalue weighted by Gasteiger charge is 1.98. The molecule has 0 radical (unpaired) electrons. The van der Waals surface area contributed by atoms with Crippen LogP contribution >= 0.6 is 0 Å². The largest absolute Gasteiger partial charge is 0.383 e. The maximum atomic E-state index is 5.84. The fourth-order valence-corrected chi connectivity index (χ4v) is 1.23. The van der Waals surface area contributed by atoms with Gasteiger partial charge in [-0.2, -0.15) is 0 Å². The Hall–Kier alpha value is -2.23. The van der Waals surface area contributed by atoms with Crippen LogP contribution in [0, 0.1) is 6.92 Å². The Labute approximate surface area is 93.9 Å². The van der Waals surface area contributed by atoms with Crippen molar-refractivity contribution in [1.82, 2.24) is 9.97 Å². The number of hydrogen-bond acceptors (Lipinski definition) is 3. The Kier molecular flexibility index (Phi) is 2.91. The minimum absolute atomic E-state index is 0.421. The number of aliphatic imine (C=N–C) groups is 1. The number of pyridine rings is 2. The third kappa shape index (κ3) is 2.42. The van der Waals surface area contributed by atoms with Gasteiger partial charge < -0.3 is 5.73 Å². The van der Waals surface area contributed by atoms with Crippen LogP contribution in [0.3, 0.4) is 0 Å². The zero-order valence-electron chi connectivity index (χ0n) is 8.96. The minimum atomic E-state index is 0.421. The Morgan fingerprint density at radius 2 is 2.12 bits per heavy atom. The Morgan fingerprint density at radius 1 is 1.25 bits per heavy atom. The van der Waals surface area contributed by atoms with Crippen LogP contribution in [-0.2, 0) is 0 Å². The number of hydrogen-bond donors (Lipinski definition) is 1. The van der Waals surface area contributed by atoms with Gasteiger partial charge in [0.1, 0.15) is 5.84 Å². The predicted molar refractivity (Wildman–Crippen MR) is 63.6 cm³/mol. The first-order valence-electron chi connectivity index (χ1n) is 4.93. The van der Waals surface area contributed by atoms with Crippen molar-refractivity contribution >= 4 is 11.7 Å². The van der Waals surface area contributed by atoms with Gasteiger partial charge in [0.25, 0.3) is 0 Å². The summed E-state index contributed by atoms with van der Waals surface area (Å²) >= 11 is 0. The third-order valence-corrected chi connectivity index (χ3v) is 2.09. The van der Waals surface area contributed by atoms with E-state index >= 15 is 0 Å². The molecule has 2 rings (SSSR count). The number of nitrogens with two attached hydrogens (primary N) is 1. The SMILES string of the molecule is Cc1ccc(N=C(N)c2cccnc2)nc1. The molecule has 0 spiro atoms. The van der Waals surface area contributed by atoms with Crippen molar-refractivity contribution in [3.05, 3.63) is 54.0 Å². The zero-order valence-corrected chi connectivity index (χ0v) is 8.96. The molecule has 0 atom stereocenters. The molecule has 0 saturated carbocycles. The molecule has 0 aliphatic carbocycles. The summed E-state index contributed by atoms with van der Waals surface area (Å²) in [4.78, 5) is 12.3. The first kappa shape index (κ1) is 10.3.